The van der Waals surface area contributed by atoms with Gasteiger partial charge < -0.3 is 25.4 Å². The monoisotopic (exact) mass is 503 g/mol. The lowest BCUT2D eigenvalue weighted by Crippen LogP contribution is -2.44. The fourth-order valence-corrected chi connectivity index (χ4v) is 3.92. The molecule has 0 aromatic carbocycles. The molecule has 0 aliphatic carbocycles. The van der Waals surface area contributed by atoms with Crippen LogP contribution in [-0.2, 0) is 22.4 Å². The number of aliphatic carboxylic acids is 1. The third-order valence-electron chi connectivity index (χ3n) is 5.85. The number of carbonyl (C=O) groups excluding carboxylic acids is 1. The zero-order valence-electron chi connectivity index (χ0n) is 21.4. The summed E-state index contributed by atoms with van der Waals surface area (Å²) in [5.41, 5.74) is 2.31. The van der Waals surface area contributed by atoms with Gasteiger partial charge in [0.15, 0.2) is 0 Å². The van der Waals surface area contributed by atoms with Gasteiger partial charge in [0, 0.05) is 39.1 Å². The Labute approximate surface area is 212 Å². The van der Waals surface area contributed by atoms with E-state index in [0.29, 0.717) is 13.1 Å². The van der Waals surface area contributed by atoms with Crippen LogP contribution in [0.15, 0.2) is 36.5 Å². The van der Waals surface area contributed by atoms with Gasteiger partial charge in [0.2, 0.25) is 0 Å². The number of alkyl halides is 1. The topological polar surface area (TPSA) is 117 Å². The van der Waals surface area contributed by atoms with E-state index in [1.54, 1.807) is 12.1 Å². The van der Waals surface area contributed by atoms with Crippen molar-refractivity contribution in [3.05, 3.63) is 53.5 Å². The van der Waals surface area contributed by atoms with Crippen LogP contribution in [-0.4, -0.2) is 84.5 Å². The van der Waals surface area contributed by atoms with Crippen LogP contribution in [0.4, 0.5) is 10.2 Å². The molecule has 2 aromatic rings. The van der Waals surface area contributed by atoms with Crippen LogP contribution >= 0.6 is 0 Å². The van der Waals surface area contributed by atoms with Crippen LogP contribution in [0.25, 0.3) is 0 Å². The minimum absolute atomic E-state index is 0.0320. The number of aromatic nitrogens is 2. The molecule has 2 atom stereocenters. The Morgan fingerprint density at radius 2 is 2.00 bits per heavy atom. The van der Waals surface area contributed by atoms with Gasteiger partial charge in [-0.25, -0.2) is 14.2 Å². The highest BCUT2D eigenvalue weighted by molar-refractivity contribution is 5.94. The Kier molecular flexibility index (Phi) is 12.8. The number of halogens is 1. The Balaban J connectivity index is 1.92. The average Bonchev–Trinajstić information content (AvgIpc) is 2.88. The SMILES string of the molecule is CCc1ccc(CCCCN(CCC(NC(=O)c2ccccn2)C(=O)O)CC(F)COC)nc1NC. The van der Waals surface area contributed by atoms with E-state index in [0.717, 1.165) is 37.2 Å². The molecule has 1 amide bonds. The maximum absolute atomic E-state index is 14.3. The molecule has 36 heavy (non-hydrogen) atoms. The number of aryl methyl sites for hydroxylation is 2. The summed E-state index contributed by atoms with van der Waals surface area (Å²) < 4.78 is 19.2. The zero-order valence-corrected chi connectivity index (χ0v) is 21.4. The highest BCUT2D eigenvalue weighted by Gasteiger charge is 2.23. The number of hydrogen-bond acceptors (Lipinski definition) is 7. The number of carbonyl (C=O) groups is 2. The predicted octanol–water partition coefficient (Wildman–Crippen LogP) is 2.96. The van der Waals surface area contributed by atoms with Crippen molar-refractivity contribution in [1.82, 2.24) is 20.2 Å². The number of methoxy groups -OCH3 is 1. The van der Waals surface area contributed by atoms with Crippen molar-refractivity contribution in [1.29, 1.82) is 0 Å². The van der Waals surface area contributed by atoms with Gasteiger partial charge in [0.25, 0.3) is 5.91 Å². The minimum atomic E-state index is -1.19. The molecule has 0 aliphatic heterocycles. The fourth-order valence-electron chi connectivity index (χ4n) is 3.92. The van der Waals surface area contributed by atoms with Crippen LogP contribution < -0.4 is 10.6 Å². The number of amides is 1. The van der Waals surface area contributed by atoms with Gasteiger partial charge in [-0.05, 0) is 62.4 Å². The maximum Gasteiger partial charge on any atom is 0.326 e. The zero-order chi connectivity index (χ0) is 26.3. The molecule has 0 saturated heterocycles. The first-order chi connectivity index (χ1) is 17.4. The molecule has 198 valence electrons. The number of hydrogen-bond donors (Lipinski definition) is 3. The van der Waals surface area contributed by atoms with Crippen molar-refractivity contribution in [3.8, 4) is 0 Å². The molecule has 2 unspecified atom stereocenters. The molecule has 0 aliphatic rings. The second kappa shape index (κ2) is 15.8. The summed E-state index contributed by atoms with van der Waals surface area (Å²) in [5.74, 6) is -0.807. The second-order valence-corrected chi connectivity index (χ2v) is 8.59. The van der Waals surface area contributed by atoms with Crippen molar-refractivity contribution in [2.75, 3.05) is 45.7 Å². The molecule has 2 heterocycles. The van der Waals surface area contributed by atoms with Crippen LogP contribution in [0.3, 0.4) is 0 Å². The third-order valence-corrected chi connectivity index (χ3v) is 5.85. The average molecular weight is 504 g/mol. The molecule has 9 nitrogen and oxygen atoms in total. The van der Waals surface area contributed by atoms with Gasteiger partial charge in [-0.1, -0.05) is 19.1 Å². The minimum Gasteiger partial charge on any atom is -0.480 e. The summed E-state index contributed by atoms with van der Waals surface area (Å²) in [6, 6.07) is 7.86. The summed E-state index contributed by atoms with van der Waals surface area (Å²) in [6.45, 7) is 3.09. The molecular formula is C26H38FN5O4. The van der Waals surface area contributed by atoms with Crippen molar-refractivity contribution >= 4 is 17.7 Å². The highest BCUT2D eigenvalue weighted by Crippen LogP contribution is 2.15. The standard InChI is InChI=1S/C26H38FN5O4/c1-4-19-11-12-21(30-24(19)28-2)9-6-8-15-32(17-20(27)18-36-3)16-13-23(26(34)35)31-25(33)22-10-5-7-14-29-22/h5,7,10-12,14,20,23H,4,6,8-9,13,15-18H2,1-3H3,(H,28,30)(H,31,33)(H,34,35). The number of pyridine rings is 2. The Morgan fingerprint density at radius 3 is 2.64 bits per heavy atom. The van der Waals surface area contributed by atoms with Crippen molar-refractivity contribution in [2.45, 2.75) is 51.2 Å². The van der Waals surface area contributed by atoms with Crippen molar-refractivity contribution in [3.63, 3.8) is 0 Å². The Bertz CT molecular complexity index is 947. The molecule has 3 N–H and O–H groups in total. The quantitative estimate of drug-likeness (QED) is 0.282. The smallest absolute Gasteiger partial charge is 0.326 e. The molecule has 0 bridgehead atoms. The maximum atomic E-state index is 14.3. The van der Waals surface area contributed by atoms with Gasteiger partial charge in [-0.15, -0.1) is 0 Å². The van der Waals surface area contributed by atoms with Crippen molar-refractivity contribution < 1.29 is 23.8 Å². The van der Waals surface area contributed by atoms with E-state index in [9.17, 15) is 19.1 Å². The Hall–Kier alpha value is -3.11. The number of unbranched alkanes of at least 4 members (excludes halogenated alkanes) is 1. The number of carboxylic acid groups (broad SMARTS) is 1. The van der Waals surface area contributed by atoms with E-state index in [1.807, 2.05) is 18.0 Å². The van der Waals surface area contributed by atoms with Gasteiger partial charge in [-0.2, -0.15) is 0 Å². The van der Waals surface area contributed by atoms with Crippen LogP contribution in [0.2, 0.25) is 0 Å². The fraction of sp³-hybridized carbons (Fsp3) is 0.538. The van der Waals surface area contributed by atoms with Gasteiger partial charge in [0.05, 0.1) is 6.61 Å². The normalized spacial score (nSPS) is 12.8. The van der Waals surface area contributed by atoms with E-state index in [2.05, 4.69) is 33.6 Å². The largest absolute Gasteiger partial charge is 0.480 e. The summed E-state index contributed by atoms with van der Waals surface area (Å²) in [4.78, 5) is 34.6. The number of ether oxygens (including phenoxy) is 1. The second-order valence-electron chi connectivity index (χ2n) is 8.59. The molecule has 2 aromatic heterocycles. The van der Waals surface area contributed by atoms with Crippen LogP contribution in [0, 0.1) is 0 Å². The van der Waals surface area contributed by atoms with E-state index in [1.165, 1.54) is 24.9 Å². The Morgan fingerprint density at radius 1 is 1.19 bits per heavy atom. The first-order valence-electron chi connectivity index (χ1n) is 12.3. The third kappa shape index (κ3) is 9.87. The lowest BCUT2D eigenvalue weighted by atomic mass is 10.1. The lowest BCUT2D eigenvalue weighted by Gasteiger charge is -2.25. The molecule has 10 heteroatoms. The molecule has 0 saturated carbocycles. The molecule has 0 fully saturated rings. The van der Waals surface area contributed by atoms with Crippen LogP contribution in [0.5, 0.6) is 0 Å². The van der Waals surface area contributed by atoms with Crippen LogP contribution in [0.1, 0.15) is 47.9 Å². The van der Waals surface area contributed by atoms with Crippen molar-refractivity contribution in [2.24, 2.45) is 0 Å². The van der Waals surface area contributed by atoms with Gasteiger partial charge >= 0.3 is 5.97 Å². The summed E-state index contributed by atoms with van der Waals surface area (Å²) in [5, 5.41) is 15.3. The highest BCUT2D eigenvalue weighted by atomic mass is 19.1. The number of anilines is 1. The summed E-state index contributed by atoms with van der Waals surface area (Å²) in [6.07, 6.45) is 3.77. The van der Waals surface area contributed by atoms with E-state index >= 15 is 0 Å². The predicted molar refractivity (Wildman–Crippen MR) is 137 cm³/mol. The molecule has 2 rings (SSSR count). The number of carboxylic acids is 1. The summed E-state index contributed by atoms with van der Waals surface area (Å²) >= 11 is 0. The van der Waals surface area contributed by atoms with E-state index in [-0.39, 0.29) is 25.3 Å². The van der Waals surface area contributed by atoms with Gasteiger partial charge in [0.1, 0.15) is 23.7 Å². The lowest BCUT2D eigenvalue weighted by molar-refractivity contribution is -0.139. The molecular weight excluding hydrogens is 465 g/mol. The molecule has 0 radical (unpaired) electrons. The van der Waals surface area contributed by atoms with Gasteiger partial charge in [-0.3, -0.25) is 9.78 Å². The number of nitrogens with zero attached hydrogens (tertiary/aromatic N) is 3. The van der Waals surface area contributed by atoms with E-state index in [4.69, 9.17) is 4.74 Å². The first-order valence-corrected chi connectivity index (χ1v) is 12.3. The number of nitrogens with one attached hydrogen (secondary N) is 2. The molecule has 0 spiro atoms. The number of rotatable bonds is 17. The summed E-state index contributed by atoms with van der Waals surface area (Å²) in [7, 11) is 3.31. The first kappa shape index (κ1) is 29.1. The van der Waals surface area contributed by atoms with E-state index < -0.39 is 24.1 Å².